The lowest BCUT2D eigenvalue weighted by Crippen LogP contribution is -2.13. The SMILES string of the molecule is O=C(O)c1cccc(C(=O)Nc2ccc(Cl)cc2F)c1. The molecule has 20 heavy (non-hydrogen) atoms. The lowest BCUT2D eigenvalue weighted by atomic mass is 10.1. The maximum absolute atomic E-state index is 13.5. The van der Waals surface area contributed by atoms with Gasteiger partial charge < -0.3 is 10.4 Å². The van der Waals surface area contributed by atoms with Gasteiger partial charge in [0.15, 0.2) is 0 Å². The molecule has 0 saturated heterocycles. The number of nitrogens with one attached hydrogen (secondary N) is 1. The molecule has 0 atom stereocenters. The van der Waals surface area contributed by atoms with Crippen molar-refractivity contribution in [1.29, 1.82) is 0 Å². The molecule has 6 heteroatoms. The van der Waals surface area contributed by atoms with Crippen LogP contribution in [0.4, 0.5) is 10.1 Å². The number of carbonyl (C=O) groups is 2. The van der Waals surface area contributed by atoms with Gasteiger partial charge in [-0.1, -0.05) is 17.7 Å². The molecule has 1 amide bonds. The Bertz CT molecular complexity index is 688. The number of hydrogen-bond acceptors (Lipinski definition) is 2. The van der Waals surface area contributed by atoms with E-state index in [1.54, 1.807) is 0 Å². The smallest absolute Gasteiger partial charge is 0.335 e. The summed E-state index contributed by atoms with van der Waals surface area (Å²) in [4.78, 5) is 22.7. The molecule has 0 heterocycles. The Morgan fingerprint density at radius 3 is 2.45 bits per heavy atom. The zero-order valence-corrected chi connectivity index (χ0v) is 10.8. The summed E-state index contributed by atoms with van der Waals surface area (Å²) < 4.78 is 13.5. The third-order valence-electron chi connectivity index (χ3n) is 2.55. The van der Waals surface area contributed by atoms with Crippen LogP contribution in [0, 0.1) is 5.82 Å². The van der Waals surface area contributed by atoms with Crippen molar-refractivity contribution in [1.82, 2.24) is 0 Å². The highest BCUT2D eigenvalue weighted by molar-refractivity contribution is 6.30. The fraction of sp³-hybridized carbons (Fsp3) is 0. The standard InChI is InChI=1S/C14H9ClFNO3/c15-10-4-5-12(11(16)7-10)17-13(18)8-2-1-3-9(6-8)14(19)20/h1-7H,(H,17,18)(H,19,20). The predicted octanol–water partition coefficient (Wildman–Crippen LogP) is 3.43. The van der Waals surface area contributed by atoms with Crippen molar-refractivity contribution in [2.75, 3.05) is 5.32 Å². The first kappa shape index (κ1) is 14.0. The Morgan fingerprint density at radius 2 is 1.80 bits per heavy atom. The average molecular weight is 294 g/mol. The summed E-state index contributed by atoms with van der Waals surface area (Å²) in [7, 11) is 0. The molecule has 2 aromatic rings. The maximum Gasteiger partial charge on any atom is 0.335 e. The number of carboxylic acid groups (broad SMARTS) is 1. The number of hydrogen-bond donors (Lipinski definition) is 2. The molecule has 0 aliphatic heterocycles. The van der Waals surface area contributed by atoms with E-state index in [2.05, 4.69) is 5.32 Å². The van der Waals surface area contributed by atoms with Crippen LogP contribution in [-0.4, -0.2) is 17.0 Å². The molecule has 2 aromatic carbocycles. The second kappa shape index (κ2) is 5.71. The zero-order valence-electron chi connectivity index (χ0n) is 10.1. The van der Waals surface area contributed by atoms with Crippen molar-refractivity contribution < 1.29 is 19.1 Å². The number of carboxylic acids is 1. The van der Waals surface area contributed by atoms with E-state index in [0.717, 1.165) is 6.07 Å². The Morgan fingerprint density at radius 1 is 1.10 bits per heavy atom. The van der Waals surface area contributed by atoms with E-state index >= 15 is 0 Å². The molecule has 0 fully saturated rings. The molecule has 0 radical (unpaired) electrons. The van der Waals surface area contributed by atoms with Crippen molar-refractivity contribution >= 4 is 29.2 Å². The molecule has 102 valence electrons. The largest absolute Gasteiger partial charge is 0.478 e. The number of anilines is 1. The molecule has 0 aliphatic rings. The van der Waals surface area contributed by atoms with Crippen LogP contribution in [0.3, 0.4) is 0 Å². The molecular formula is C14H9ClFNO3. The van der Waals surface area contributed by atoms with Crippen molar-refractivity contribution in [3.63, 3.8) is 0 Å². The van der Waals surface area contributed by atoms with Gasteiger partial charge in [0.05, 0.1) is 11.3 Å². The first-order valence-corrected chi connectivity index (χ1v) is 5.95. The van der Waals surface area contributed by atoms with Gasteiger partial charge >= 0.3 is 5.97 Å². The molecule has 0 unspecified atom stereocenters. The van der Waals surface area contributed by atoms with Crippen LogP contribution < -0.4 is 5.32 Å². The average Bonchev–Trinajstić information content (AvgIpc) is 2.42. The molecule has 2 N–H and O–H groups in total. The van der Waals surface area contributed by atoms with Crippen molar-refractivity contribution in [2.45, 2.75) is 0 Å². The summed E-state index contributed by atoms with van der Waals surface area (Å²) in [6.45, 7) is 0. The molecule has 0 spiro atoms. The Labute approximate surface area is 118 Å². The van der Waals surface area contributed by atoms with Crippen LogP contribution in [0.5, 0.6) is 0 Å². The summed E-state index contributed by atoms with van der Waals surface area (Å²) in [6.07, 6.45) is 0. The van der Waals surface area contributed by atoms with E-state index in [1.807, 2.05) is 0 Å². The van der Waals surface area contributed by atoms with Crippen molar-refractivity contribution in [2.24, 2.45) is 0 Å². The third-order valence-corrected chi connectivity index (χ3v) is 2.79. The van der Waals surface area contributed by atoms with Gasteiger partial charge in [0.25, 0.3) is 5.91 Å². The monoisotopic (exact) mass is 293 g/mol. The fourth-order valence-electron chi connectivity index (χ4n) is 1.58. The molecule has 2 rings (SSSR count). The van der Waals surface area contributed by atoms with Crippen LogP contribution in [0.25, 0.3) is 0 Å². The Balaban J connectivity index is 2.24. The van der Waals surface area contributed by atoms with E-state index in [-0.39, 0.29) is 21.8 Å². The lowest BCUT2D eigenvalue weighted by molar-refractivity contribution is 0.0697. The van der Waals surface area contributed by atoms with Gasteiger partial charge in [0, 0.05) is 10.6 Å². The summed E-state index contributed by atoms with van der Waals surface area (Å²) in [6, 6.07) is 9.30. The summed E-state index contributed by atoms with van der Waals surface area (Å²) >= 11 is 5.61. The summed E-state index contributed by atoms with van der Waals surface area (Å²) in [5.41, 5.74) is 0.0774. The van der Waals surface area contributed by atoms with Crippen molar-refractivity contribution in [3.05, 3.63) is 64.4 Å². The number of halogens is 2. The first-order chi connectivity index (χ1) is 9.47. The molecule has 0 bridgehead atoms. The number of aromatic carboxylic acids is 1. The zero-order chi connectivity index (χ0) is 14.7. The lowest BCUT2D eigenvalue weighted by Gasteiger charge is -2.07. The van der Waals surface area contributed by atoms with E-state index in [1.165, 1.54) is 36.4 Å². The minimum absolute atomic E-state index is 0.0192. The molecule has 0 aromatic heterocycles. The summed E-state index contributed by atoms with van der Waals surface area (Å²) in [5.74, 6) is -2.41. The van der Waals surface area contributed by atoms with E-state index in [4.69, 9.17) is 16.7 Å². The molecule has 0 aliphatic carbocycles. The fourth-order valence-corrected chi connectivity index (χ4v) is 1.74. The minimum atomic E-state index is -1.14. The maximum atomic E-state index is 13.5. The number of benzene rings is 2. The highest BCUT2D eigenvalue weighted by Gasteiger charge is 2.12. The van der Waals surface area contributed by atoms with Gasteiger partial charge in [-0.3, -0.25) is 4.79 Å². The van der Waals surface area contributed by atoms with Crippen LogP contribution in [-0.2, 0) is 0 Å². The van der Waals surface area contributed by atoms with Gasteiger partial charge in [0.2, 0.25) is 0 Å². The Hall–Kier alpha value is -2.40. The van der Waals surface area contributed by atoms with Gasteiger partial charge in [-0.2, -0.15) is 0 Å². The number of amides is 1. The first-order valence-electron chi connectivity index (χ1n) is 5.57. The minimum Gasteiger partial charge on any atom is -0.478 e. The van der Waals surface area contributed by atoms with E-state index in [0.29, 0.717) is 0 Å². The predicted molar refractivity (Wildman–Crippen MR) is 72.8 cm³/mol. The van der Waals surface area contributed by atoms with Crippen LogP contribution in [0.2, 0.25) is 5.02 Å². The van der Waals surface area contributed by atoms with Gasteiger partial charge in [-0.15, -0.1) is 0 Å². The van der Waals surface area contributed by atoms with Crippen LogP contribution in [0.1, 0.15) is 20.7 Å². The van der Waals surface area contributed by atoms with Crippen LogP contribution in [0.15, 0.2) is 42.5 Å². The van der Waals surface area contributed by atoms with Gasteiger partial charge in [-0.25, -0.2) is 9.18 Å². The highest BCUT2D eigenvalue weighted by Crippen LogP contribution is 2.19. The highest BCUT2D eigenvalue weighted by atomic mass is 35.5. The van der Waals surface area contributed by atoms with Gasteiger partial charge in [0.1, 0.15) is 5.82 Å². The third kappa shape index (κ3) is 3.13. The number of rotatable bonds is 3. The molecule has 4 nitrogen and oxygen atoms in total. The van der Waals surface area contributed by atoms with E-state index in [9.17, 15) is 14.0 Å². The van der Waals surface area contributed by atoms with E-state index < -0.39 is 17.7 Å². The normalized spacial score (nSPS) is 10.1. The Kier molecular flexibility index (Phi) is 4.00. The molecule has 0 saturated carbocycles. The topological polar surface area (TPSA) is 66.4 Å². The second-order valence-corrected chi connectivity index (χ2v) is 4.40. The quantitative estimate of drug-likeness (QED) is 0.911. The van der Waals surface area contributed by atoms with Crippen molar-refractivity contribution in [3.8, 4) is 0 Å². The van der Waals surface area contributed by atoms with Crippen LogP contribution >= 0.6 is 11.6 Å². The number of carbonyl (C=O) groups excluding carboxylic acids is 1. The van der Waals surface area contributed by atoms with Gasteiger partial charge in [-0.05, 0) is 36.4 Å². The summed E-state index contributed by atoms with van der Waals surface area (Å²) in [5, 5.41) is 11.4. The molecular weight excluding hydrogens is 285 g/mol. The second-order valence-electron chi connectivity index (χ2n) is 3.96.